The van der Waals surface area contributed by atoms with Crippen molar-refractivity contribution in [1.82, 2.24) is 4.98 Å². The van der Waals surface area contributed by atoms with Gasteiger partial charge in [0.05, 0.1) is 10.6 Å². The molecular weight excluding hydrogens is 325 g/mol. The first kappa shape index (κ1) is 16.6. The van der Waals surface area contributed by atoms with Gasteiger partial charge in [0.15, 0.2) is 11.6 Å². The molecule has 1 atom stereocenters. The zero-order valence-corrected chi connectivity index (χ0v) is 13.2. The van der Waals surface area contributed by atoms with Crippen molar-refractivity contribution < 1.29 is 19.9 Å². The molecule has 6 nitrogen and oxygen atoms in total. The molecule has 5 N–H and O–H groups in total. The fourth-order valence-corrected chi connectivity index (χ4v) is 2.23. The Morgan fingerprint density at radius 3 is 2.73 bits per heavy atom. The molecule has 1 heterocycles. The van der Waals surface area contributed by atoms with Crippen LogP contribution in [0.3, 0.4) is 0 Å². The Balaban J connectivity index is 2.38. The summed E-state index contributed by atoms with van der Waals surface area (Å²) in [5.74, 6) is 0.0411. The lowest BCUT2D eigenvalue weighted by atomic mass is 9.81. The van der Waals surface area contributed by atoms with Crippen molar-refractivity contribution in [2.75, 3.05) is 5.73 Å². The van der Waals surface area contributed by atoms with E-state index in [-0.39, 0.29) is 39.1 Å². The summed E-state index contributed by atoms with van der Waals surface area (Å²) in [5.41, 5.74) is 6.00. The van der Waals surface area contributed by atoms with Crippen LogP contribution in [0, 0.1) is 0 Å². The van der Waals surface area contributed by atoms with Crippen molar-refractivity contribution in [1.29, 1.82) is 0 Å². The van der Waals surface area contributed by atoms with Gasteiger partial charge in [0.2, 0.25) is 0 Å². The molecule has 0 bridgehead atoms. The number of aromatic nitrogens is 1. The number of rotatable bonds is 4. The Labute approximate surface area is 134 Å². The van der Waals surface area contributed by atoms with Crippen LogP contribution in [0.15, 0.2) is 31.0 Å². The molecule has 0 saturated heterocycles. The van der Waals surface area contributed by atoms with Crippen LogP contribution in [0.2, 0.25) is 5.02 Å². The van der Waals surface area contributed by atoms with Crippen LogP contribution < -0.4 is 21.2 Å². The lowest BCUT2D eigenvalue weighted by molar-refractivity contribution is 0.425. The summed E-state index contributed by atoms with van der Waals surface area (Å²) in [6.45, 7) is 3.71. The number of nitrogen functional groups attached to an aromatic ring is 1. The van der Waals surface area contributed by atoms with E-state index in [1.165, 1.54) is 18.3 Å². The molecule has 0 aliphatic carbocycles. The van der Waals surface area contributed by atoms with E-state index in [1.54, 1.807) is 6.07 Å². The minimum absolute atomic E-state index is 0.0307. The van der Waals surface area contributed by atoms with E-state index in [0.29, 0.717) is 5.30 Å². The number of hydrogen-bond acceptors (Lipinski definition) is 6. The first-order valence-electron chi connectivity index (χ1n) is 6.07. The molecule has 22 heavy (non-hydrogen) atoms. The van der Waals surface area contributed by atoms with Crippen LogP contribution in [0.4, 0.5) is 5.82 Å². The topological polar surface area (TPSA) is 109 Å². The molecule has 1 aromatic heterocycles. The normalized spacial score (nSPS) is 10.4. The predicted molar refractivity (Wildman–Crippen MR) is 90.6 cm³/mol. The van der Waals surface area contributed by atoms with E-state index >= 15 is 0 Å². The van der Waals surface area contributed by atoms with Crippen LogP contribution in [0.1, 0.15) is 5.56 Å². The summed E-state index contributed by atoms with van der Waals surface area (Å²) in [5, 5.41) is 29.1. The number of halogens is 1. The third kappa shape index (κ3) is 3.34. The molecule has 9 heteroatoms. The summed E-state index contributed by atoms with van der Waals surface area (Å²) in [7, 11) is 0.712. The lowest BCUT2D eigenvalue weighted by Crippen LogP contribution is -2.30. The molecule has 1 aromatic carbocycles. The Bertz CT molecular complexity index is 742. The number of aromatic hydroxyl groups is 1. The number of phenols is 1. The zero-order valence-electron chi connectivity index (χ0n) is 11.3. The average molecular weight is 338 g/mol. The molecule has 1 unspecified atom stereocenters. The second-order valence-electron chi connectivity index (χ2n) is 4.41. The maximum atomic E-state index is 9.91. The fourth-order valence-electron chi connectivity index (χ4n) is 1.72. The van der Waals surface area contributed by atoms with Crippen molar-refractivity contribution >= 4 is 50.3 Å². The molecule has 0 amide bonds. The molecular formula is C13H13BClN2O4P. The van der Waals surface area contributed by atoms with Gasteiger partial charge in [-0.2, -0.15) is 0 Å². The van der Waals surface area contributed by atoms with Crippen LogP contribution in [0.25, 0.3) is 5.76 Å². The standard InChI is InChI=1S/C13H13BClN2O4P/c1-6(11-8(18)2-3-10(22)12(11)15)21-9-4-7(14(19)20)5-17-13(9)16/h2-5,18-20H,1,22H2,(H2,16,17). The molecule has 0 radical (unpaired) electrons. The van der Waals surface area contributed by atoms with Crippen molar-refractivity contribution in [3.63, 3.8) is 0 Å². The monoisotopic (exact) mass is 338 g/mol. The van der Waals surface area contributed by atoms with Crippen molar-refractivity contribution in [3.8, 4) is 11.5 Å². The summed E-state index contributed by atoms with van der Waals surface area (Å²) in [6.07, 6.45) is 1.21. The highest BCUT2D eigenvalue weighted by Gasteiger charge is 2.18. The van der Waals surface area contributed by atoms with E-state index in [4.69, 9.17) is 32.1 Å². The first-order valence-corrected chi connectivity index (χ1v) is 7.02. The van der Waals surface area contributed by atoms with E-state index in [0.717, 1.165) is 0 Å². The van der Waals surface area contributed by atoms with Crippen molar-refractivity contribution in [2.45, 2.75) is 0 Å². The molecule has 0 spiro atoms. The van der Waals surface area contributed by atoms with Crippen molar-refractivity contribution in [3.05, 3.63) is 41.6 Å². The smallest absolute Gasteiger partial charge is 0.490 e. The summed E-state index contributed by atoms with van der Waals surface area (Å²) >= 11 is 6.13. The van der Waals surface area contributed by atoms with Gasteiger partial charge in [-0.1, -0.05) is 18.2 Å². The van der Waals surface area contributed by atoms with Gasteiger partial charge in [-0.15, -0.1) is 9.24 Å². The highest BCUT2D eigenvalue weighted by Crippen LogP contribution is 2.33. The molecule has 0 aliphatic heterocycles. The number of anilines is 1. The maximum Gasteiger partial charge on any atom is 0.490 e. The SMILES string of the molecule is C=C(Oc1cc(B(O)O)cnc1N)c1c(O)ccc(P)c1Cl. The second-order valence-corrected chi connectivity index (χ2v) is 5.41. The van der Waals surface area contributed by atoms with Crippen LogP contribution in [0.5, 0.6) is 11.5 Å². The maximum absolute atomic E-state index is 9.91. The molecule has 0 fully saturated rings. The molecule has 0 saturated carbocycles. The van der Waals surface area contributed by atoms with Crippen LogP contribution >= 0.6 is 20.8 Å². The predicted octanol–water partition coefficient (Wildman–Crippen LogP) is 0.253. The Morgan fingerprint density at radius 2 is 2.09 bits per heavy atom. The number of phenolic OH excluding ortho intramolecular Hbond substituents is 1. The number of benzene rings is 1. The number of nitrogens with two attached hydrogens (primary N) is 1. The number of ether oxygens (including phenoxy) is 1. The number of pyridine rings is 1. The summed E-state index contributed by atoms with van der Waals surface area (Å²) < 4.78 is 5.48. The quantitative estimate of drug-likeness (QED) is 0.362. The molecule has 0 aliphatic rings. The number of nitrogens with zero attached hydrogens (tertiary/aromatic N) is 1. The number of hydrogen-bond donors (Lipinski definition) is 4. The largest absolute Gasteiger partial charge is 0.507 e. The van der Waals surface area contributed by atoms with Gasteiger partial charge in [0.25, 0.3) is 0 Å². The first-order chi connectivity index (χ1) is 10.3. The van der Waals surface area contributed by atoms with Gasteiger partial charge in [0.1, 0.15) is 11.5 Å². The van der Waals surface area contributed by atoms with Crippen molar-refractivity contribution in [2.24, 2.45) is 0 Å². The van der Waals surface area contributed by atoms with Gasteiger partial charge >= 0.3 is 7.12 Å². The average Bonchev–Trinajstić information content (AvgIpc) is 2.45. The van der Waals surface area contributed by atoms with Crippen LogP contribution in [-0.4, -0.2) is 27.3 Å². The van der Waals surface area contributed by atoms with Gasteiger partial charge in [-0.3, -0.25) is 0 Å². The highest BCUT2D eigenvalue weighted by atomic mass is 35.5. The zero-order chi connectivity index (χ0) is 16.4. The third-order valence-corrected chi connectivity index (χ3v) is 3.93. The minimum Gasteiger partial charge on any atom is -0.507 e. The van der Waals surface area contributed by atoms with Gasteiger partial charge in [0, 0.05) is 11.7 Å². The lowest BCUT2D eigenvalue weighted by Gasteiger charge is -2.14. The Morgan fingerprint density at radius 1 is 1.41 bits per heavy atom. The summed E-state index contributed by atoms with van der Waals surface area (Å²) in [6, 6.07) is 4.39. The molecule has 114 valence electrons. The Hall–Kier alpha value is -1.79. The second kappa shape index (κ2) is 6.54. The van der Waals surface area contributed by atoms with Gasteiger partial charge in [-0.05, 0) is 23.5 Å². The van der Waals surface area contributed by atoms with Gasteiger partial charge in [-0.25, -0.2) is 4.98 Å². The van der Waals surface area contributed by atoms with E-state index in [1.807, 2.05) is 0 Å². The van der Waals surface area contributed by atoms with E-state index < -0.39 is 7.12 Å². The highest BCUT2D eigenvalue weighted by molar-refractivity contribution is 7.28. The third-order valence-electron chi connectivity index (χ3n) is 2.86. The molecule has 2 aromatic rings. The van der Waals surface area contributed by atoms with E-state index in [2.05, 4.69) is 20.8 Å². The van der Waals surface area contributed by atoms with Gasteiger partial charge < -0.3 is 25.6 Å². The van der Waals surface area contributed by atoms with E-state index in [9.17, 15) is 5.11 Å². The summed E-state index contributed by atoms with van der Waals surface area (Å²) in [4.78, 5) is 3.80. The minimum atomic E-state index is -1.71. The molecule has 2 rings (SSSR count). The fraction of sp³-hybridized carbons (Fsp3) is 0. The Kier molecular flexibility index (Phi) is 4.93. The van der Waals surface area contributed by atoms with Crippen LogP contribution in [-0.2, 0) is 0 Å².